The number of rotatable bonds is 5. The average molecular weight is 442 g/mol. The molecule has 0 atom stereocenters. The molecule has 0 aliphatic heterocycles. The van der Waals surface area contributed by atoms with Gasteiger partial charge in [0.25, 0.3) is 0 Å². The summed E-state index contributed by atoms with van der Waals surface area (Å²) in [5.74, 6) is 0. The first-order valence-electron chi connectivity index (χ1n) is 9.11. The van der Waals surface area contributed by atoms with Gasteiger partial charge in [0.2, 0.25) is 0 Å². The molecule has 140 valence electrons. The Balaban J connectivity index is 2.04. The van der Waals surface area contributed by atoms with Gasteiger partial charge in [-0.15, -0.1) is 11.3 Å². The molecule has 0 aliphatic carbocycles. The summed E-state index contributed by atoms with van der Waals surface area (Å²) in [4.78, 5) is 1.08. The zero-order chi connectivity index (χ0) is 19.6. The lowest BCUT2D eigenvalue weighted by molar-refractivity contribution is 1.42. The van der Waals surface area contributed by atoms with Crippen LogP contribution in [0.15, 0.2) is 91.0 Å². The van der Waals surface area contributed by atoms with Gasteiger partial charge in [0.1, 0.15) is 33.7 Å². The van der Waals surface area contributed by atoms with Crippen LogP contribution in [0.1, 0.15) is 10.4 Å². The fraction of sp³-hybridized carbons (Fsp3) is 0.0833. The van der Waals surface area contributed by atoms with Gasteiger partial charge in [0.05, 0.1) is 5.02 Å². The average Bonchev–Trinajstić information content (AvgIpc) is 2.99. The van der Waals surface area contributed by atoms with Gasteiger partial charge in [-0.2, -0.15) is 0 Å². The van der Waals surface area contributed by atoms with E-state index in [1.165, 1.54) is 15.9 Å². The lowest BCUT2D eigenvalue weighted by Gasteiger charge is -2.27. The molecule has 4 rings (SSSR count). The third-order valence-corrected chi connectivity index (χ3v) is 11.4. The smallest absolute Gasteiger partial charge is 0.116 e. The van der Waals surface area contributed by atoms with Crippen molar-refractivity contribution in [3.05, 3.63) is 111 Å². The fourth-order valence-electron chi connectivity index (χ4n) is 3.68. The van der Waals surface area contributed by atoms with E-state index in [0.29, 0.717) is 0 Å². The van der Waals surface area contributed by atoms with Gasteiger partial charge in [-0.3, -0.25) is 0 Å². The summed E-state index contributed by atoms with van der Waals surface area (Å²) < 4.78 is 0.801. The molecule has 0 saturated heterocycles. The molecule has 0 unspecified atom stereocenters. The van der Waals surface area contributed by atoms with E-state index >= 15 is 0 Å². The Kier molecular flexibility index (Phi) is 5.90. The molecular formula is C24H20Cl2PS+. The molecule has 0 spiro atoms. The van der Waals surface area contributed by atoms with Crippen LogP contribution in [0.2, 0.25) is 9.36 Å². The standard InChI is InChI=1S/C24H20Cl2PS/c1-18-23(25)22(24(26)28-18)17-27(19-11-5-2-6-12-19,20-13-7-3-8-14-20)21-15-9-4-10-16-21/h2-16H,17H2,1H3/q+1. The minimum absolute atomic E-state index is 0.801. The van der Waals surface area contributed by atoms with Crippen molar-refractivity contribution >= 4 is 57.7 Å². The van der Waals surface area contributed by atoms with E-state index in [-0.39, 0.29) is 0 Å². The van der Waals surface area contributed by atoms with Crippen molar-refractivity contribution < 1.29 is 0 Å². The molecule has 0 fully saturated rings. The van der Waals surface area contributed by atoms with E-state index in [4.69, 9.17) is 23.2 Å². The summed E-state index contributed by atoms with van der Waals surface area (Å²) in [5.41, 5.74) is 1.07. The van der Waals surface area contributed by atoms with Gasteiger partial charge in [0, 0.05) is 10.4 Å². The Hall–Kier alpha value is -1.63. The predicted molar refractivity (Wildman–Crippen MR) is 128 cm³/mol. The summed E-state index contributed by atoms with van der Waals surface area (Å²) in [7, 11) is -1.98. The van der Waals surface area contributed by atoms with E-state index in [9.17, 15) is 0 Å². The van der Waals surface area contributed by atoms with Crippen LogP contribution in [0.3, 0.4) is 0 Å². The summed E-state index contributed by atoms with van der Waals surface area (Å²) in [6, 6.07) is 32.4. The van der Waals surface area contributed by atoms with Crippen LogP contribution < -0.4 is 15.9 Å². The molecule has 0 aliphatic rings. The van der Waals surface area contributed by atoms with Crippen LogP contribution in [-0.4, -0.2) is 0 Å². The molecule has 4 aromatic rings. The highest BCUT2D eigenvalue weighted by molar-refractivity contribution is 7.95. The molecule has 1 heterocycles. The molecule has 0 amide bonds. The molecule has 0 saturated carbocycles. The zero-order valence-corrected chi connectivity index (χ0v) is 18.7. The number of thiophene rings is 1. The highest BCUT2D eigenvalue weighted by Gasteiger charge is 2.46. The third-order valence-electron chi connectivity index (χ3n) is 5.04. The first-order valence-corrected chi connectivity index (χ1v) is 12.7. The number of aryl methyl sites for hydroxylation is 1. The minimum Gasteiger partial charge on any atom is -0.127 e. The number of hydrogen-bond donors (Lipinski definition) is 0. The third kappa shape index (κ3) is 3.53. The topological polar surface area (TPSA) is 0 Å². The lowest BCUT2D eigenvalue weighted by atomic mass is 10.3. The maximum Gasteiger partial charge on any atom is 0.116 e. The van der Waals surface area contributed by atoms with E-state index in [0.717, 1.165) is 26.0 Å². The maximum absolute atomic E-state index is 6.73. The van der Waals surface area contributed by atoms with Crippen LogP contribution in [0.25, 0.3) is 0 Å². The Morgan fingerprint density at radius 1 is 0.679 bits per heavy atom. The summed E-state index contributed by atoms with van der Waals surface area (Å²) >= 11 is 15.0. The first-order chi connectivity index (χ1) is 13.6. The van der Waals surface area contributed by atoms with Gasteiger partial charge in [-0.05, 0) is 43.3 Å². The number of halogens is 2. The second-order valence-corrected chi connectivity index (χ2v) is 12.4. The van der Waals surface area contributed by atoms with Crippen LogP contribution in [-0.2, 0) is 6.16 Å². The molecule has 0 radical (unpaired) electrons. The SMILES string of the molecule is Cc1sc(Cl)c(C[P+](c2ccccc2)(c2ccccc2)c2ccccc2)c1Cl. The van der Waals surface area contributed by atoms with Crippen LogP contribution >= 0.6 is 41.8 Å². The molecule has 28 heavy (non-hydrogen) atoms. The second kappa shape index (κ2) is 8.39. The normalized spacial score (nSPS) is 11.5. The fourth-order valence-corrected chi connectivity index (χ4v) is 9.92. The predicted octanol–water partition coefficient (Wildman–Crippen LogP) is 6.86. The quantitative estimate of drug-likeness (QED) is 0.296. The molecular weight excluding hydrogens is 422 g/mol. The van der Waals surface area contributed by atoms with Crippen molar-refractivity contribution in [2.24, 2.45) is 0 Å². The van der Waals surface area contributed by atoms with Crippen molar-refractivity contribution in [3.8, 4) is 0 Å². The van der Waals surface area contributed by atoms with Crippen molar-refractivity contribution in [3.63, 3.8) is 0 Å². The van der Waals surface area contributed by atoms with Crippen molar-refractivity contribution in [1.82, 2.24) is 0 Å². The van der Waals surface area contributed by atoms with Crippen LogP contribution in [0.4, 0.5) is 0 Å². The van der Waals surface area contributed by atoms with Crippen molar-refractivity contribution in [2.45, 2.75) is 13.1 Å². The Labute approximate surface area is 181 Å². The highest BCUT2D eigenvalue weighted by Crippen LogP contribution is 2.60. The summed E-state index contributed by atoms with van der Waals surface area (Å²) in [6.45, 7) is 2.04. The number of benzene rings is 3. The maximum atomic E-state index is 6.73. The minimum atomic E-state index is -1.98. The van der Waals surface area contributed by atoms with Crippen LogP contribution in [0.5, 0.6) is 0 Å². The molecule has 0 bridgehead atoms. The van der Waals surface area contributed by atoms with E-state index in [1.807, 2.05) is 6.92 Å². The van der Waals surface area contributed by atoms with Gasteiger partial charge < -0.3 is 0 Å². The summed E-state index contributed by atoms with van der Waals surface area (Å²) in [5, 5.41) is 4.82. The van der Waals surface area contributed by atoms with Crippen LogP contribution in [0, 0.1) is 6.92 Å². The molecule has 0 nitrogen and oxygen atoms in total. The second-order valence-electron chi connectivity index (χ2n) is 6.70. The molecule has 3 aromatic carbocycles. The monoisotopic (exact) mass is 441 g/mol. The van der Waals surface area contributed by atoms with Crippen molar-refractivity contribution in [2.75, 3.05) is 0 Å². The largest absolute Gasteiger partial charge is 0.127 e. The lowest BCUT2D eigenvalue weighted by Crippen LogP contribution is -2.32. The molecule has 1 aromatic heterocycles. The molecule has 4 heteroatoms. The Bertz CT molecular complexity index is 963. The first kappa shape index (κ1) is 19.7. The Morgan fingerprint density at radius 3 is 1.39 bits per heavy atom. The number of hydrogen-bond acceptors (Lipinski definition) is 1. The van der Waals surface area contributed by atoms with E-state index < -0.39 is 7.26 Å². The Morgan fingerprint density at radius 2 is 1.07 bits per heavy atom. The molecule has 0 N–H and O–H groups in total. The van der Waals surface area contributed by atoms with Gasteiger partial charge >= 0.3 is 0 Å². The van der Waals surface area contributed by atoms with E-state index in [2.05, 4.69) is 91.0 Å². The van der Waals surface area contributed by atoms with Crippen molar-refractivity contribution in [1.29, 1.82) is 0 Å². The van der Waals surface area contributed by atoms with E-state index in [1.54, 1.807) is 11.3 Å². The van der Waals surface area contributed by atoms with Gasteiger partial charge in [0.15, 0.2) is 0 Å². The summed E-state index contributed by atoms with van der Waals surface area (Å²) in [6.07, 6.45) is 0.813. The zero-order valence-electron chi connectivity index (χ0n) is 15.5. The highest BCUT2D eigenvalue weighted by atomic mass is 35.5. The van der Waals surface area contributed by atoms with Gasteiger partial charge in [-0.1, -0.05) is 77.8 Å². The van der Waals surface area contributed by atoms with Gasteiger partial charge in [-0.25, -0.2) is 0 Å².